The van der Waals surface area contributed by atoms with E-state index in [1.807, 2.05) is 43.1 Å². The van der Waals surface area contributed by atoms with E-state index in [1.165, 1.54) is 16.2 Å². The zero-order valence-electron chi connectivity index (χ0n) is 20.2. The third kappa shape index (κ3) is 4.06. The average molecular weight is 509 g/mol. The lowest BCUT2D eigenvalue weighted by Crippen LogP contribution is -2.48. The fraction of sp³-hybridized carbons (Fsp3) is 0.440. The van der Waals surface area contributed by atoms with Crippen molar-refractivity contribution in [1.82, 2.24) is 25.0 Å². The number of thiazole rings is 1. The molecule has 36 heavy (non-hydrogen) atoms. The number of carboxylic acid groups (broad SMARTS) is 1. The highest BCUT2D eigenvalue weighted by molar-refractivity contribution is 7.17. The molecule has 2 N–H and O–H groups in total. The average Bonchev–Trinajstić information content (AvgIpc) is 3.50. The second kappa shape index (κ2) is 8.51. The van der Waals surface area contributed by atoms with Crippen LogP contribution < -0.4 is 15.0 Å². The van der Waals surface area contributed by atoms with Gasteiger partial charge in [0.15, 0.2) is 5.13 Å². The lowest BCUT2D eigenvalue weighted by Gasteiger charge is -2.30. The van der Waals surface area contributed by atoms with Crippen LogP contribution in [0.3, 0.4) is 0 Å². The molecular formula is C25H28N6O4S. The van der Waals surface area contributed by atoms with Crippen molar-refractivity contribution in [2.45, 2.75) is 44.7 Å². The van der Waals surface area contributed by atoms with Gasteiger partial charge in [-0.2, -0.15) is 5.10 Å². The molecule has 3 aliphatic heterocycles. The minimum absolute atomic E-state index is 0.0613. The van der Waals surface area contributed by atoms with Crippen molar-refractivity contribution in [3.63, 3.8) is 0 Å². The maximum atomic E-state index is 12.6. The summed E-state index contributed by atoms with van der Waals surface area (Å²) in [5, 5.41) is 17.7. The van der Waals surface area contributed by atoms with E-state index < -0.39 is 6.09 Å². The van der Waals surface area contributed by atoms with Crippen molar-refractivity contribution in [2.24, 2.45) is 0 Å². The minimum atomic E-state index is -0.860. The van der Waals surface area contributed by atoms with Crippen LogP contribution in [0.4, 0.5) is 15.6 Å². The number of anilines is 2. The summed E-state index contributed by atoms with van der Waals surface area (Å²) in [7, 11) is 0. The van der Waals surface area contributed by atoms with Gasteiger partial charge in [-0.05, 0) is 44.4 Å². The summed E-state index contributed by atoms with van der Waals surface area (Å²) >= 11 is 1.43. The molecule has 2 aromatic heterocycles. The van der Waals surface area contributed by atoms with Gasteiger partial charge in [-0.15, -0.1) is 0 Å². The van der Waals surface area contributed by atoms with E-state index in [0.29, 0.717) is 37.5 Å². The summed E-state index contributed by atoms with van der Waals surface area (Å²) in [6, 6.07) is 6.28. The number of piperidine rings is 1. The van der Waals surface area contributed by atoms with Crippen LogP contribution in [0, 0.1) is 0 Å². The Hall–Kier alpha value is -3.60. The Morgan fingerprint density at radius 1 is 1.22 bits per heavy atom. The molecule has 1 aromatic carbocycles. The van der Waals surface area contributed by atoms with E-state index >= 15 is 0 Å². The molecule has 5 heterocycles. The lowest BCUT2D eigenvalue weighted by atomic mass is 9.94. The Morgan fingerprint density at radius 3 is 2.81 bits per heavy atom. The fourth-order valence-electron chi connectivity index (χ4n) is 5.18. The standard InChI is InChI=1S/C25H28N6O4S/c1-25(2)12-18-21(22(32)28-25)36-23(27-18)30-9-10-35-20-4-3-15(11-19(20)30)16-13-26-31(14-16)17-5-7-29(8-6-17)24(33)34/h3-4,11,13-14,17H,5-10,12H2,1-2H3,(H,28,32)(H,33,34). The fourth-order valence-corrected chi connectivity index (χ4v) is 6.20. The van der Waals surface area contributed by atoms with Gasteiger partial charge in [-0.1, -0.05) is 17.4 Å². The van der Waals surface area contributed by atoms with Crippen LogP contribution >= 0.6 is 11.3 Å². The summed E-state index contributed by atoms with van der Waals surface area (Å²) in [5.74, 6) is 0.727. The largest absolute Gasteiger partial charge is 0.490 e. The Morgan fingerprint density at radius 2 is 2.03 bits per heavy atom. The first-order valence-electron chi connectivity index (χ1n) is 12.2. The molecule has 10 nitrogen and oxygen atoms in total. The van der Waals surface area contributed by atoms with Crippen LogP contribution in [0.2, 0.25) is 0 Å². The van der Waals surface area contributed by atoms with Crippen LogP contribution in [0.15, 0.2) is 30.6 Å². The molecule has 6 rings (SSSR count). The molecule has 3 aromatic rings. The first-order valence-corrected chi connectivity index (χ1v) is 13.0. The van der Waals surface area contributed by atoms with Crippen LogP contribution in [0.25, 0.3) is 11.1 Å². The zero-order chi connectivity index (χ0) is 25.0. The van der Waals surface area contributed by atoms with E-state index in [9.17, 15) is 14.7 Å². The molecule has 1 saturated heterocycles. The van der Waals surface area contributed by atoms with Crippen LogP contribution in [0.1, 0.15) is 48.1 Å². The number of ether oxygens (including phenoxy) is 1. The SMILES string of the molecule is CC1(C)Cc2nc(N3CCOc4ccc(-c5cnn(C6CCN(C(=O)O)CC6)c5)cc43)sc2C(=O)N1. The Balaban J connectivity index is 1.27. The predicted molar refractivity (Wildman–Crippen MR) is 135 cm³/mol. The topological polar surface area (TPSA) is 113 Å². The third-order valence-electron chi connectivity index (χ3n) is 7.05. The molecule has 0 unspecified atom stereocenters. The van der Waals surface area contributed by atoms with E-state index in [2.05, 4.69) is 21.4 Å². The molecule has 0 aliphatic carbocycles. The van der Waals surface area contributed by atoms with Gasteiger partial charge in [0.1, 0.15) is 17.2 Å². The third-order valence-corrected chi connectivity index (χ3v) is 8.17. The highest BCUT2D eigenvalue weighted by atomic mass is 32.1. The van der Waals surface area contributed by atoms with Crippen molar-refractivity contribution in [2.75, 3.05) is 31.1 Å². The second-order valence-corrected chi connectivity index (χ2v) is 11.2. The molecular weight excluding hydrogens is 480 g/mol. The first-order chi connectivity index (χ1) is 17.3. The number of benzene rings is 1. The number of likely N-dealkylation sites (tertiary alicyclic amines) is 1. The summed E-state index contributed by atoms with van der Waals surface area (Å²) < 4.78 is 7.89. The molecule has 188 valence electrons. The predicted octanol–water partition coefficient (Wildman–Crippen LogP) is 3.92. The van der Waals surface area contributed by atoms with Gasteiger partial charge >= 0.3 is 6.09 Å². The molecule has 3 aliphatic rings. The monoisotopic (exact) mass is 508 g/mol. The highest BCUT2D eigenvalue weighted by Crippen LogP contribution is 2.42. The van der Waals surface area contributed by atoms with Crippen molar-refractivity contribution in [1.29, 1.82) is 0 Å². The number of hydrogen-bond acceptors (Lipinski definition) is 7. The number of fused-ring (bicyclic) bond motifs is 2. The minimum Gasteiger partial charge on any atom is -0.490 e. The number of carbonyl (C=O) groups excluding carboxylic acids is 1. The number of hydrogen-bond donors (Lipinski definition) is 2. The number of carbonyl (C=O) groups is 2. The van der Waals surface area contributed by atoms with Crippen LogP contribution in [-0.2, 0) is 6.42 Å². The van der Waals surface area contributed by atoms with Gasteiger partial charge in [0.25, 0.3) is 5.91 Å². The molecule has 0 saturated carbocycles. The lowest BCUT2D eigenvalue weighted by molar-refractivity contribution is 0.0900. The van der Waals surface area contributed by atoms with E-state index in [4.69, 9.17) is 9.72 Å². The molecule has 11 heteroatoms. The van der Waals surface area contributed by atoms with Gasteiger partial charge in [-0.3, -0.25) is 9.48 Å². The summed E-state index contributed by atoms with van der Waals surface area (Å²) in [6.45, 7) is 6.26. The Kier molecular flexibility index (Phi) is 5.40. The smallest absolute Gasteiger partial charge is 0.407 e. The molecule has 0 bridgehead atoms. The normalized spacial score (nSPS) is 19.3. The zero-order valence-corrected chi connectivity index (χ0v) is 21.0. The van der Waals surface area contributed by atoms with E-state index in [1.54, 1.807) is 0 Å². The van der Waals surface area contributed by atoms with Crippen LogP contribution in [0.5, 0.6) is 5.75 Å². The first kappa shape index (κ1) is 22.8. The molecule has 0 spiro atoms. The van der Waals surface area contributed by atoms with Crippen molar-refractivity contribution in [3.05, 3.63) is 41.2 Å². The van der Waals surface area contributed by atoms with Crippen molar-refractivity contribution in [3.8, 4) is 16.9 Å². The van der Waals surface area contributed by atoms with Gasteiger partial charge < -0.3 is 25.0 Å². The number of amides is 2. The maximum absolute atomic E-state index is 12.6. The molecule has 0 atom stereocenters. The molecule has 2 amide bonds. The summed E-state index contributed by atoms with van der Waals surface area (Å²) in [6.07, 6.45) is 5.23. The number of rotatable bonds is 3. The van der Waals surface area contributed by atoms with Crippen molar-refractivity contribution < 1.29 is 19.4 Å². The van der Waals surface area contributed by atoms with Gasteiger partial charge in [0, 0.05) is 36.8 Å². The summed E-state index contributed by atoms with van der Waals surface area (Å²) in [5.41, 5.74) is 3.47. The Labute approximate surface area is 212 Å². The second-order valence-electron chi connectivity index (χ2n) is 10.2. The molecule has 1 fully saturated rings. The molecule has 0 radical (unpaired) electrons. The quantitative estimate of drug-likeness (QED) is 0.551. The van der Waals surface area contributed by atoms with Crippen LogP contribution in [-0.4, -0.2) is 68.6 Å². The Bertz CT molecular complexity index is 1340. The van der Waals surface area contributed by atoms with E-state index in [0.717, 1.165) is 46.2 Å². The maximum Gasteiger partial charge on any atom is 0.407 e. The van der Waals surface area contributed by atoms with Gasteiger partial charge in [0.05, 0.1) is 30.2 Å². The van der Waals surface area contributed by atoms with Gasteiger partial charge in [-0.25, -0.2) is 9.78 Å². The number of nitrogens with one attached hydrogen (secondary N) is 1. The summed E-state index contributed by atoms with van der Waals surface area (Å²) in [4.78, 5) is 33.0. The van der Waals surface area contributed by atoms with Gasteiger partial charge in [0.2, 0.25) is 0 Å². The number of nitrogens with zero attached hydrogens (tertiary/aromatic N) is 5. The van der Waals surface area contributed by atoms with E-state index in [-0.39, 0.29) is 17.5 Å². The number of aromatic nitrogens is 3. The highest BCUT2D eigenvalue weighted by Gasteiger charge is 2.35. The van der Waals surface area contributed by atoms with Crippen molar-refractivity contribution >= 4 is 34.2 Å².